The molecule has 0 bridgehead atoms. The first-order valence-corrected chi connectivity index (χ1v) is 7.65. The second-order valence-corrected chi connectivity index (χ2v) is 6.92. The number of rotatable bonds is 3. The number of fused-ring (bicyclic) bond motifs is 1. The van der Waals surface area contributed by atoms with Crippen molar-refractivity contribution < 1.29 is 9.90 Å². The summed E-state index contributed by atoms with van der Waals surface area (Å²) >= 11 is 12.2. The fourth-order valence-electron chi connectivity index (χ4n) is 2.69. The van der Waals surface area contributed by atoms with Gasteiger partial charge in [-0.25, -0.2) is 4.79 Å². The highest BCUT2D eigenvalue weighted by molar-refractivity contribution is 6.42. The van der Waals surface area contributed by atoms with E-state index in [-0.39, 0.29) is 18.6 Å². The van der Waals surface area contributed by atoms with Gasteiger partial charge in [0.25, 0.3) is 0 Å². The highest BCUT2D eigenvalue weighted by Crippen LogP contribution is 2.39. The van der Waals surface area contributed by atoms with Gasteiger partial charge in [0.1, 0.15) is 0 Å². The van der Waals surface area contributed by atoms with Gasteiger partial charge in [-0.1, -0.05) is 29.3 Å². The molecule has 0 spiro atoms. The van der Waals surface area contributed by atoms with E-state index in [1.165, 1.54) is 4.90 Å². The molecule has 1 unspecified atom stereocenters. The van der Waals surface area contributed by atoms with Crippen LogP contribution in [-0.4, -0.2) is 35.2 Å². The van der Waals surface area contributed by atoms with Gasteiger partial charge in [-0.05, 0) is 43.9 Å². The van der Waals surface area contributed by atoms with E-state index in [1.54, 1.807) is 27.0 Å². The van der Waals surface area contributed by atoms with Gasteiger partial charge < -0.3 is 15.3 Å². The standard InChI is InChI=1S/C15H20Cl2N2O2/c1-15(2,21)8-19(3)14(20)18-12-7-5-10-9(12)4-6-11(16)13(10)17/h4,6,12,21H,5,7-8H2,1-3H3,(H,18,20). The zero-order chi connectivity index (χ0) is 15.8. The zero-order valence-corrected chi connectivity index (χ0v) is 13.9. The molecule has 4 nitrogen and oxygen atoms in total. The number of urea groups is 1. The van der Waals surface area contributed by atoms with E-state index in [9.17, 15) is 9.90 Å². The number of nitrogens with one attached hydrogen (secondary N) is 1. The lowest BCUT2D eigenvalue weighted by atomic mass is 10.1. The number of amides is 2. The van der Waals surface area contributed by atoms with Crippen molar-refractivity contribution >= 4 is 29.2 Å². The second kappa shape index (κ2) is 6.03. The number of hydrogen-bond donors (Lipinski definition) is 2. The summed E-state index contributed by atoms with van der Waals surface area (Å²) in [7, 11) is 1.66. The predicted molar refractivity (Wildman–Crippen MR) is 85.0 cm³/mol. The van der Waals surface area contributed by atoms with E-state index >= 15 is 0 Å². The molecule has 2 amide bonds. The van der Waals surface area contributed by atoms with Crippen molar-refractivity contribution in [2.24, 2.45) is 0 Å². The van der Waals surface area contributed by atoms with Gasteiger partial charge in [0, 0.05) is 7.05 Å². The number of carbonyl (C=O) groups excluding carboxylic acids is 1. The Labute approximate surface area is 135 Å². The van der Waals surface area contributed by atoms with Gasteiger partial charge >= 0.3 is 6.03 Å². The van der Waals surface area contributed by atoms with Crippen LogP contribution in [0.1, 0.15) is 37.4 Å². The molecule has 1 aromatic rings. The lowest BCUT2D eigenvalue weighted by molar-refractivity contribution is 0.0528. The summed E-state index contributed by atoms with van der Waals surface area (Å²) in [6.45, 7) is 3.60. The molecule has 6 heteroatoms. The Kier molecular flexibility index (Phi) is 4.71. The zero-order valence-electron chi connectivity index (χ0n) is 12.4. The van der Waals surface area contributed by atoms with Crippen LogP contribution in [0.5, 0.6) is 0 Å². The van der Waals surface area contributed by atoms with Crippen LogP contribution in [0.3, 0.4) is 0 Å². The number of hydrogen-bond acceptors (Lipinski definition) is 2. The van der Waals surface area contributed by atoms with Gasteiger partial charge in [-0.15, -0.1) is 0 Å². The Morgan fingerprint density at radius 3 is 2.76 bits per heavy atom. The van der Waals surface area contributed by atoms with Gasteiger partial charge in [0.15, 0.2) is 0 Å². The Bertz CT molecular complexity index is 555. The average Bonchev–Trinajstić information content (AvgIpc) is 2.75. The molecule has 0 saturated carbocycles. The van der Waals surface area contributed by atoms with Crippen LogP contribution in [0, 0.1) is 0 Å². The minimum Gasteiger partial charge on any atom is -0.389 e. The summed E-state index contributed by atoms with van der Waals surface area (Å²) in [5, 5.41) is 13.9. The summed E-state index contributed by atoms with van der Waals surface area (Å²) in [4.78, 5) is 13.7. The number of nitrogens with zero attached hydrogens (tertiary/aromatic N) is 1. The number of halogens is 2. The largest absolute Gasteiger partial charge is 0.389 e. The van der Waals surface area contributed by atoms with Crippen molar-refractivity contribution in [3.8, 4) is 0 Å². The molecule has 116 valence electrons. The van der Waals surface area contributed by atoms with Crippen LogP contribution in [-0.2, 0) is 6.42 Å². The van der Waals surface area contributed by atoms with Crippen LogP contribution >= 0.6 is 23.2 Å². The molecule has 0 radical (unpaired) electrons. The first kappa shape index (κ1) is 16.4. The molecule has 2 rings (SSSR count). The van der Waals surface area contributed by atoms with Crippen LogP contribution in [0.15, 0.2) is 12.1 Å². The van der Waals surface area contributed by atoms with Gasteiger partial charge in [-0.3, -0.25) is 0 Å². The van der Waals surface area contributed by atoms with Crippen molar-refractivity contribution in [1.82, 2.24) is 10.2 Å². The molecule has 21 heavy (non-hydrogen) atoms. The average molecular weight is 331 g/mol. The third kappa shape index (κ3) is 3.82. The smallest absolute Gasteiger partial charge is 0.317 e. The van der Waals surface area contributed by atoms with Crippen LogP contribution in [0.4, 0.5) is 4.79 Å². The summed E-state index contributed by atoms with van der Waals surface area (Å²) in [6.07, 6.45) is 1.60. The topological polar surface area (TPSA) is 52.6 Å². The molecule has 0 saturated heterocycles. The number of benzene rings is 1. The van der Waals surface area contributed by atoms with Gasteiger partial charge in [0.2, 0.25) is 0 Å². The third-order valence-electron chi connectivity index (χ3n) is 3.56. The highest BCUT2D eigenvalue weighted by atomic mass is 35.5. The second-order valence-electron chi connectivity index (χ2n) is 6.14. The Balaban J connectivity index is 2.07. The number of likely N-dealkylation sites (N-methyl/N-ethyl adjacent to an activating group) is 1. The van der Waals surface area contributed by atoms with Crippen LogP contribution in [0.2, 0.25) is 10.0 Å². The maximum atomic E-state index is 12.2. The molecular formula is C15H20Cl2N2O2. The molecule has 0 aromatic heterocycles. The molecule has 0 fully saturated rings. The molecule has 0 aliphatic heterocycles. The molecule has 2 N–H and O–H groups in total. The number of aliphatic hydroxyl groups is 1. The number of carbonyl (C=O) groups is 1. The molecular weight excluding hydrogens is 311 g/mol. The first-order chi connectivity index (χ1) is 9.69. The quantitative estimate of drug-likeness (QED) is 0.892. The molecule has 1 aliphatic carbocycles. The Morgan fingerprint density at radius 2 is 2.14 bits per heavy atom. The van der Waals surface area contributed by atoms with E-state index in [2.05, 4.69) is 5.32 Å². The van der Waals surface area contributed by atoms with E-state index in [0.717, 1.165) is 24.0 Å². The predicted octanol–water partition coefficient (Wildman–Crippen LogP) is 3.39. The van der Waals surface area contributed by atoms with Crippen molar-refractivity contribution in [1.29, 1.82) is 0 Å². The van der Waals surface area contributed by atoms with Gasteiger partial charge in [-0.2, -0.15) is 0 Å². The lowest BCUT2D eigenvalue weighted by Crippen LogP contribution is -2.45. The lowest BCUT2D eigenvalue weighted by Gasteiger charge is -2.27. The highest BCUT2D eigenvalue weighted by Gasteiger charge is 2.28. The maximum Gasteiger partial charge on any atom is 0.317 e. The van der Waals surface area contributed by atoms with Crippen molar-refractivity contribution in [3.05, 3.63) is 33.3 Å². The van der Waals surface area contributed by atoms with Crippen molar-refractivity contribution in [2.75, 3.05) is 13.6 Å². The summed E-state index contributed by atoms with van der Waals surface area (Å²) in [5.74, 6) is 0. The molecule has 0 heterocycles. The van der Waals surface area contributed by atoms with E-state index in [1.807, 2.05) is 6.07 Å². The Morgan fingerprint density at radius 1 is 1.48 bits per heavy atom. The Hall–Kier alpha value is -0.970. The molecule has 1 atom stereocenters. The van der Waals surface area contributed by atoms with Crippen molar-refractivity contribution in [3.63, 3.8) is 0 Å². The summed E-state index contributed by atoms with van der Waals surface area (Å²) in [6, 6.07) is 3.40. The summed E-state index contributed by atoms with van der Waals surface area (Å²) < 4.78 is 0. The maximum absolute atomic E-state index is 12.2. The fraction of sp³-hybridized carbons (Fsp3) is 0.533. The normalized spacial score (nSPS) is 17.5. The van der Waals surface area contributed by atoms with Gasteiger partial charge in [0.05, 0.1) is 28.2 Å². The summed E-state index contributed by atoms with van der Waals surface area (Å²) in [5.41, 5.74) is 1.12. The molecule has 1 aromatic carbocycles. The fourth-order valence-corrected chi connectivity index (χ4v) is 3.14. The van der Waals surface area contributed by atoms with E-state index in [0.29, 0.717) is 10.0 Å². The van der Waals surface area contributed by atoms with E-state index in [4.69, 9.17) is 23.2 Å². The minimum absolute atomic E-state index is 0.0634. The monoisotopic (exact) mass is 330 g/mol. The first-order valence-electron chi connectivity index (χ1n) is 6.90. The van der Waals surface area contributed by atoms with Crippen LogP contribution < -0.4 is 5.32 Å². The van der Waals surface area contributed by atoms with E-state index < -0.39 is 5.60 Å². The van der Waals surface area contributed by atoms with Crippen molar-refractivity contribution in [2.45, 2.75) is 38.3 Å². The third-order valence-corrected chi connectivity index (χ3v) is 4.40. The SMILES string of the molecule is CN(CC(C)(C)O)C(=O)NC1CCc2c1ccc(Cl)c2Cl. The molecule has 1 aliphatic rings. The van der Waals surface area contributed by atoms with Crippen LogP contribution in [0.25, 0.3) is 0 Å². The minimum atomic E-state index is -0.920.